The highest BCUT2D eigenvalue weighted by atomic mass is 16.6. The van der Waals surface area contributed by atoms with Gasteiger partial charge < -0.3 is 9.84 Å². The Hall–Kier alpha value is -0.340. The van der Waals surface area contributed by atoms with Crippen LogP contribution in [0.3, 0.4) is 0 Å². The van der Waals surface area contributed by atoms with E-state index in [2.05, 4.69) is 13.5 Å². The van der Waals surface area contributed by atoms with Crippen molar-refractivity contribution in [3.8, 4) is 0 Å². The first kappa shape index (κ1) is 10.2. The lowest BCUT2D eigenvalue weighted by atomic mass is 9.69. The van der Waals surface area contributed by atoms with E-state index in [1.165, 1.54) is 6.42 Å². The van der Waals surface area contributed by atoms with Crippen molar-refractivity contribution in [2.75, 3.05) is 6.61 Å². The predicted molar refractivity (Wildman–Crippen MR) is 55.9 cm³/mol. The Morgan fingerprint density at radius 1 is 1.57 bits per heavy atom. The minimum absolute atomic E-state index is 0.0249. The maximum Gasteiger partial charge on any atom is 0.0844 e. The van der Waals surface area contributed by atoms with Crippen LogP contribution in [0.2, 0.25) is 0 Å². The van der Waals surface area contributed by atoms with Gasteiger partial charge in [-0.1, -0.05) is 13.0 Å². The topological polar surface area (TPSA) is 32.8 Å². The van der Waals surface area contributed by atoms with Crippen molar-refractivity contribution in [3.05, 3.63) is 12.7 Å². The van der Waals surface area contributed by atoms with E-state index in [1.54, 1.807) is 0 Å². The zero-order valence-electron chi connectivity index (χ0n) is 9.07. The second-order valence-electron chi connectivity index (χ2n) is 4.94. The molecular weight excluding hydrogens is 176 g/mol. The van der Waals surface area contributed by atoms with Crippen molar-refractivity contribution in [3.63, 3.8) is 0 Å². The summed E-state index contributed by atoms with van der Waals surface area (Å²) in [4.78, 5) is 0. The zero-order chi connectivity index (χ0) is 10.3. The number of rotatable bonds is 3. The highest BCUT2D eigenvalue weighted by Gasteiger charge is 2.54. The normalized spacial score (nSPS) is 48.9. The number of allylic oxidation sites excluding steroid dienone is 1. The summed E-state index contributed by atoms with van der Waals surface area (Å²) in [6, 6.07) is 0. The summed E-state index contributed by atoms with van der Waals surface area (Å²) >= 11 is 0. The van der Waals surface area contributed by atoms with Gasteiger partial charge in [0.05, 0.1) is 18.8 Å². The molecule has 2 rings (SSSR count). The van der Waals surface area contributed by atoms with Gasteiger partial charge in [0.1, 0.15) is 0 Å². The van der Waals surface area contributed by atoms with Crippen LogP contribution in [0.5, 0.6) is 0 Å². The third-order valence-electron chi connectivity index (χ3n) is 4.38. The van der Waals surface area contributed by atoms with Crippen LogP contribution in [0, 0.1) is 17.3 Å². The molecule has 0 bridgehead atoms. The molecule has 1 aliphatic carbocycles. The molecule has 14 heavy (non-hydrogen) atoms. The van der Waals surface area contributed by atoms with Crippen LogP contribution in [-0.4, -0.2) is 23.9 Å². The van der Waals surface area contributed by atoms with E-state index in [4.69, 9.17) is 4.74 Å². The molecule has 0 spiro atoms. The number of hydrogen-bond donors (Lipinski definition) is 1. The van der Waals surface area contributed by atoms with Gasteiger partial charge in [0.15, 0.2) is 0 Å². The number of epoxide rings is 1. The summed E-state index contributed by atoms with van der Waals surface area (Å²) in [5.74, 6) is 0.960. The molecule has 2 unspecified atom stereocenters. The fraction of sp³-hybridized carbons (Fsp3) is 0.833. The Morgan fingerprint density at radius 2 is 2.21 bits per heavy atom. The summed E-state index contributed by atoms with van der Waals surface area (Å²) in [6.45, 7) is 8.85. The first-order valence-electron chi connectivity index (χ1n) is 5.53. The van der Waals surface area contributed by atoms with E-state index in [0.29, 0.717) is 17.9 Å². The van der Waals surface area contributed by atoms with Gasteiger partial charge in [-0.2, -0.15) is 0 Å². The Bertz CT molecular complexity index is 232. The van der Waals surface area contributed by atoms with E-state index in [9.17, 15) is 5.11 Å². The lowest BCUT2D eigenvalue weighted by molar-refractivity contribution is -0.00623. The lowest BCUT2D eigenvalue weighted by Crippen LogP contribution is -2.40. The van der Waals surface area contributed by atoms with Crippen molar-refractivity contribution in [1.29, 1.82) is 0 Å². The van der Waals surface area contributed by atoms with Gasteiger partial charge in [0, 0.05) is 5.41 Å². The smallest absolute Gasteiger partial charge is 0.0844 e. The van der Waals surface area contributed by atoms with Crippen LogP contribution in [0.25, 0.3) is 0 Å². The maximum absolute atomic E-state index is 9.96. The Balaban J connectivity index is 2.22. The number of aliphatic hydroxyl groups is 1. The minimum atomic E-state index is -0.276. The quantitative estimate of drug-likeness (QED) is 0.553. The Morgan fingerprint density at radius 3 is 2.64 bits per heavy atom. The van der Waals surface area contributed by atoms with Crippen molar-refractivity contribution < 1.29 is 9.84 Å². The van der Waals surface area contributed by atoms with Crippen LogP contribution in [-0.2, 0) is 4.74 Å². The summed E-state index contributed by atoms with van der Waals surface area (Å²) in [5, 5.41) is 9.96. The molecule has 2 heteroatoms. The second kappa shape index (κ2) is 3.35. The van der Waals surface area contributed by atoms with Crippen molar-refractivity contribution in [1.82, 2.24) is 0 Å². The highest BCUT2D eigenvalue weighted by Crippen LogP contribution is 2.54. The Labute approximate surface area is 86.0 Å². The van der Waals surface area contributed by atoms with Crippen LogP contribution < -0.4 is 0 Å². The fourth-order valence-electron chi connectivity index (χ4n) is 3.12. The third kappa shape index (κ3) is 1.32. The van der Waals surface area contributed by atoms with Crippen LogP contribution in [0.15, 0.2) is 12.7 Å². The molecule has 0 aromatic rings. The number of aliphatic hydroxyl groups excluding tert-OH is 1. The van der Waals surface area contributed by atoms with E-state index >= 15 is 0 Å². The van der Waals surface area contributed by atoms with Gasteiger partial charge in [0.25, 0.3) is 0 Å². The average Bonchev–Trinajstić information content (AvgIpc) is 2.91. The molecule has 2 nitrogen and oxygen atoms in total. The number of hydrogen-bond acceptors (Lipinski definition) is 2. The SMILES string of the molecule is C=C[C@@H]1CCC([C@H]2CO2)[C@@]1(C)C(C)O. The van der Waals surface area contributed by atoms with Gasteiger partial charge in [-0.15, -0.1) is 6.58 Å². The minimum Gasteiger partial charge on any atom is -0.393 e. The first-order chi connectivity index (χ1) is 6.60. The van der Waals surface area contributed by atoms with E-state index in [1.807, 2.05) is 13.0 Å². The monoisotopic (exact) mass is 196 g/mol. The van der Waals surface area contributed by atoms with Gasteiger partial charge in [0.2, 0.25) is 0 Å². The summed E-state index contributed by atoms with van der Waals surface area (Å²) in [5.41, 5.74) is -0.0249. The molecule has 0 aromatic carbocycles. The molecule has 1 N–H and O–H groups in total. The molecule has 5 atom stereocenters. The van der Waals surface area contributed by atoms with Gasteiger partial charge in [-0.05, 0) is 31.6 Å². The van der Waals surface area contributed by atoms with Gasteiger partial charge in [-0.3, -0.25) is 0 Å². The molecular formula is C12H20O2. The summed E-state index contributed by atoms with van der Waals surface area (Å²) < 4.78 is 5.39. The molecule has 1 saturated carbocycles. The average molecular weight is 196 g/mol. The lowest BCUT2D eigenvalue weighted by Gasteiger charge is -2.38. The standard InChI is InChI=1S/C12H20O2/c1-4-9-5-6-10(11-7-14-11)12(9,3)8(2)13/h4,8-11,13H,1,5-7H2,2-3H3/t8?,9-,10?,11-,12+/m1/s1. The predicted octanol–water partition coefficient (Wildman–Crippen LogP) is 1.98. The van der Waals surface area contributed by atoms with Crippen molar-refractivity contribution in [2.45, 2.75) is 38.9 Å². The molecule has 2 aliphatic rings. The number of ether oxygens (including phenoxy) is 1. The zero-order valence-corrected chi connectivity index (χ0v) is 9.07. The van der Waals surface area contributed by atoms with Gasteiger partial charge >= 0.3 is 0 Å². The van der Waals surface area contributed by atoms with E-state index in [0.717, 1.165) is 13.0 Å². The third-order valence-corrected chi connectivity index (χ3v) is 4.38. The first-order valence-corrected chi connectivity index (χ1v) is 5.53. The molecule has 2 fully saturated rings. The second-order valence-corrected chi connectivity index (χ2v) is 4.94. The van der Waals surface area contributed by atoms with Gasteiger partial charge in [-0.25, -0.2) is 0 Å². The summed E-state index contributed by atoms with van der Waals surface area (Å²) in [6.07, 6.45) is 4.45. The summed E-state index contributed by atoms with van der Waals surface area (Å²) in [7, 11) is 0. The van der Waals surface area contributed by atoms with Crippen LogP contribution in [0.4, 0.5) is 0 Å². The molecule has 0 radical (unpaired) electrons. The molecule has 0 amide bonds. The molecule has 80 valence electrons. The molecule has 1 heterocycles. The van der Waals surface area contributed by atoms with Crippen LogP contribution >= 0.6 is 0 Å². The molecule has 1 saturated heterocycles. The van der Waals surface area contributed by atoms with Crippen LogP contribution in [0.1, 0.15) is 26.7 Å². The maximum atomic E-state index is 9.96. The van der Waals surface area contributed by atoms with Crippen molar-refractivity contribution >= 4 is 0 Å². The van der Waals surface area contributed by atoms with E-state index in [-0.39, 0.29) is 11.5 Å². The van der Waals surface area contributed by atoms with E-state index < -0.39 is 0 Å². The largest absolute Gasteiger partial charge is 0.393 e. The molecule has 1 aliphatic heterocycles. The fourth-order valence-corrected chi connectivity index (χ4v) is 3.12. The highest BCUT2D eigenvalue weighted by molar-refractivity contribution is 5.07. The molecule has 0 aromatic heterocycles. The Kier molecular flexibility index (Phi) is 2.44. The van der Waals surface area contributed by atoms with Crippen molar-refractivity contribution in [2.24, 2.45) is 17.3 Å².